The van der Waals surface area contributed by atoms with E-state index in [1.165, 1.54) is 18.9 Å². The number of anilines is 1. The third-order valence-electron chi connectivity index (χ3n) is 3.38. The van der Waals surface area contributed by atoms with Crippen LogP contribution in [0.5, 0.6) is 5.75 Å². The van der Waals surface area contributed by atoms with Gasteiger partial charge in [0.05, 0.1) is 30.2 Å². The van der Waals surface area contributed by atoms with Crippen LogP contribution in [0.15, 0.2) is 36.4 Å². The monoisotopic (exact) mass is 360 g/mol. The zero-order chi connectivity index (χ0) is 17.5. The van der Waals surface area contributed by atoms with Gasteiger partial charge in [-0.2, -0.15) is 5.26 Å². The smallest absolute Gasteiger partial charge is 0.234 e. The Morgan fingerprint density at radius 1 is 1.38 bits per heavy atom. The summed E-state index contributed by atoms with van der Waals surface area (Å²) in [6.07, 6.45) is 0. The van der Waals surface area contributed by atoms with Crippen LogP contribution in [0.3, 0.4) is 0 Å². The number of carbonyl (C=O) groups excluding carboxylic acids is 1. The number of ether oxygens (including phenoxy) is 1. The van der Waals surface area contributed by atoms with E-state index < -0.39 is 0 Å². The lowest BCUT2D eigenvalue weighted by Crippen LogP contribution is -2.15. The van der Waals surface area contributed by atoms with Gasteiger partial charge in [-0.15, -0.1) is 11.8 Å². The van der Waals surface area contributed by atoms with Crippen molar-refractivity contribution in [1.29, 1.82) is 5.26 Å². The molecule has 0 spiro atoms. The van der Waals surface area contributed by atoms with Crippen molar-refractivity contribution in [2.45, 2.75) is 12.7 Å². The van der Waals surface area contributed by atoms with Crippen molar-refractivity contribution in [2.24, 2.45) is 0 Å². The highest BCUT2D eigenvalue weighted by atomic mass is 35.5. The van der Waals surface area contributed by atoms with Crippen LogP contribution in [-0.2, 0) is 10.5 Å². The largest absolute Gasteiger partial charge is 0.495 e. The number of nitriles is 1. The summed E-state index contributed by atoms with van der Waals surface area (Å²) in [6, 6.07) is 13.0. The highest BCUT2D eigenvalue weighted by molar-refractivity contribution is 7.99. The Morgan fingerprint density at radius 2 is 2.12 bits per heavy atom. The molecule has 2 rings (SSSR count). The highest BCUT2D eigenvalue weighted by Gasteiger charge is 2.11. The second-order valence-electron chi connectivity index (χ2n) is 5.11. The van der Waals surface area contributed by atoms with Gasteiger partial charge in [-0.05, 0) is 30.2 Å². The van der Waals surface area contributed by atoms with Crippen molar-refractivity contribution >= 4 is 35.0 Å². The zero-order valence-corrected chi connectivity index (χ0v) is 15.0. The van der Waals surface area contributed by atoms with Crippen LogP contribution in [0.2, 0.25) is 5.02 Å². The number of hydrogen-bond acceptors (Lipinski definition) is 4. The Labute approximate surface area is 150 Å². The van der Waals surface area contributed by atoms with E-state index in [9.17, 15) is 4.79 Å². The number of rotatable bonds is 6. The number of methoxy groups -OCH3 is 1. The molecule has 2 aromatic carbocycles. The van der Waals surface area contributed by atoms with E-state index >= 15 is 0 Å². The van der Waals surface area contributed by atoms with Gasteiger partial charge in [-0.1, -0.05) is 29.8 Å². The van der Waals surface area contributed by atoms with Crippen LogP contribution in [-0.4, -0.2) is 18.8 Å². The third kappa shape index (κ3) is 4.67. The average Bonchev–Trinajstić information content (AvgIpc) is 2.58. The first-order chi connectivity index (χ1) is 11.5. The summed E-state index contributed by atoms with van der Waals surface area (Å²) in [6.45, 7) is 1.87. The molecule has 4 nitrogen and oxygen atoms in total. The van der Waals surface area contributed by atoms with Crippen LogP contribution >= 0.6 is 23.4 Å². The number of carbonyl (C=O) groups is 1. The van der Waals surface area contributed by atoms with Crippen molar-refractivity contribution in [2.75, 3.05) is 18.2 Å². The van der Waals surface area contributed by atoms with Gasteiger partial charge in [-0.25, -0.2) is 0 Å². The molecule has 124 valence electrons. The maximum absolute atomic E-state index is 12.1. The van der Waals surface area contributed by atoms with Gasteiger partial charge in [0.1, 0.15) is 5.75 Å². The molecule has 6 heteroatoms. The minimum atomic E-state index is -0.130. The molecule has 24 heavy (non-hydrogen) atoms. The molecule has 0 aliphatic rings. The van der Waals surface area contributed by atoms with Crippen molar-refractivity contribution in [3.8, 4) is 11.8 Å². The van der Waals surface area contributed by atoms with Gasteiger partial charge in [0.25, 0.3) is 0 Å². The first-order valence-electron chi connectivity index (χ1n) is 7.25. The standard InChI is InChI=1S/C18H17ClN2O2S/c1-12-7-16(17(23-2)8-15(12)19)21-18(22)11-24-10-14-6-4-3-5-13(14)9-20/h3-8H,10-11H2,1-2H3,(H,21,22). The molecule has 0 heterocycles. The Kier molecular flexibility index (Phi) is 6.53. The van der Waals surface area contributed by atoms with E-state index in [1.54, 1.807) is 18.2 Å². The van der Waals surface area contributed by atoms with Crippen molar-refractivity contribution in [1.82, 2.24) is 0 Å². The molecular weight excluding hydrogens is 344 g/mol. The van der Waals surface area contributed by atoms with E-state index in [0.29, 0.717) is 27.8 Å². The topological polar surface area (TPSA) is 62.1 Å². The number of thioether (sulfide) groups is 1. The van der Waals surface area contributed by atoms with Crippen LogP contribution in [0, 0.1) is 18.3 Å². The van der Waals surface area contributed by atoms with E-state index in [2.05, 4.69) is 11.4 Å². The number of nitrogens with zero attached hydrogens (tertiary/aromatic N) is 1. The zero-order valence-electron chi connectivity index (χ0n) is 13.4. The molecule has 0 fully saturated rings. The highest BCUT2D eigenvalue weighted by Crippen LogP contribution is 2.31. The SMILES string of the molecule is COc1cc(Cl)c(C)cc1NC(=O)CSCc1ccccc1C#N. The van der Waals surface area contributed by atoms with Gasteiger partial charge in [0, 0.05) is 16.8 Å². The molecule has 0 aliphatic heterocycles. The van der Waals surface area contributed by atoms with Crippen LogP contribution in [0.1, 0.15) is 16.7 Å². The van der Waals surface area contributed by atoms with E-state index in [-0.39, 0.29) is 11.7 Å². The average molecular weight is 361 g/mol. The maximum Gasteiger partial charge on any atom is 0.234 e. The van der Waals surface area contributed by atoms with Gasteiger partial charge >= 0.3 is 0 Å². The number of halogens is 1. The predicted octanol–water partition coefficient (Wildman–Crippen LogP) is 4.40. The molecule has 0 saturated heterocycles. The fourth-order valence-electron chi connectivity index (χ4n) is 2.13. The lowest BCUT2D eigenvalue weighted by atomic mass is 10.1. The molecular formula is C18H17ClN2O2S. The Bertz CT molecular complexity index is 787. The molecule has 0 radical (unpaired) electrons. The number of amides is 1. The van der Waals surface area contributed by atoms with Crippen molar-refractivity contribution in [3.63, 3.8) is 0 Å². The van der Waals surface area contributed by atoms with Gasteiger partial charge in [0.2, 0.25) is 5.91 Å². The third-order valence-corrected chi connectivity index (χ3v) is 4.77. The minimum absolute atomic E-state index is 0.130. The maximum atomic E-state index is 12.1. The van der Waals surface area contributed by atoms with E-state index in [0.717, 1.165) is 11.1 Å². The van der Waals surface area contributed by atoms with Crippen LogP contribution in [0.25, 0.3) is 0 Å². The molecule has 0 aromatic heterocycles. The fraction of sp³-hybridized carbons (Fsp3) is 0.222. The lowest BCUT2D eigenvalue weighted by Gasteiger charge is -2.12. The number of benzene rings is 2. The quantitative estimate of drug-likeness (QED) is 0.829. The van der Waals surface area contributed by atoms with Gasteiger partial charge in [-0.3, -0.25) is 4.79 Å². The summed E-state index contributed by atoms with van der Waals surface area (Å²) in [5.41, 5.74) is 3.03. The summed E-state index contributed by atoms with van der Waals surface area (Å²) >= 11 is 7.51. The molecule has 0 saturated carbocycles. The molecule has 0 aliphatic carbocycles. The molecule has 0 atom stereocenters. The molecule has 2 aromatic rings. The first-order valence-corrected chi connectivity index (χ1v) is 8.78. The normalized spacial score (nSPS) is 10.1. The first kappa shape index (κ1) is 18.2. The summed E-state index contributed by atoms with van der Waals surface area (Å²) in [7, 11) is 1.53. The van der Waals surface area contributed by atoms with Gasteiger partial charge < -0.3 is 10.1 Å². The summed E-state index contributed by atoms with van der Waals surface area (Å²) in [4.78, 5) is 12.1. The summed E-state index contributed by atoms with van der Waals surface area (Å²) in [5.74, 6) is 1.28. The molecule has 1 N–H and O–H groups in total. The Morgan fingerprint density at radius 3 is 2.83 bits per heavy atom. The molecule has 1 amide bonds. The minimum Gasteiger partial charge on any atom is -0.495 e. The second kappa shape index (κ2) is 8.62. The Balaban J connectivity index is 1.95. The van der Waals surface area contributed by atoms with Crippen molar-refractivity contribution < 1.29 is 9.53 Å². The number of hydrogen-bond donors (Lipinski definition) is 1. The van der Waals surface area contributed by atoms with E-state index in [4.69, 9.17) is 21.6 Å². The number of aryl methyl sites for hydroxylation is 1. The molecule has 0 unspecified atom stereocenters. The molecule has 0 bridgehead atoms. The fourth-order valence-corrected chi connectivity index (χ4v) is 3.11. The second-order valence-corrected chi connectivity index (χ2v) is 6.50. The predicted molar refractivity (Wildman–Crippen MR) is 98.7 cm³/mol. The van der Waals surface area contributed by atoms with Crippen molar-refractivity contribution in [3.05, 3.63) is 58.1 Å². The summed E-state index contributed by atoms with van der Waals surface area (Å²) in [5, 5.41) is 12.5. The van der Waals surface area contributed by atoms with Gasteiger partial charge in [0.15, 0.2) is 0 Å². The summed E-state index contributed by atoms with van der Waals surface area (Å²) < 4.78 is 5.24. The van der Waals surface area contributed by atoms with E-state index in [1.807, 2.05) is 25.1 Å². The van der Waals surface area contributed by atoms with Crippen LogP contribution in [0.4, 0.5) is 5.69 Å². The Hall–Kier alpha value is -2.16. The lowest BCUT2D eigenvalue weighted by molar-refractivity contribution is -0.113. The number of nitrogens with one attached hydrogen (secondary N) is 1. The van der Waals surface area contributed by atoms with Crippen LogP contribution < -0.4 is 10.1 Å².